The molecule has 1 amide bonds. The fourth-order valence-corrected chi connectivity index (χ4v) is 3.64. The Bertz CT molecular complexity index is 836. The van der Waals surface area contributed by atoms with Gasteiger partial charge < -0.3 is 4.90 Å². The Morgan fingerprint density at radius 1 is 1.36 bits per heavy atom. The van der Waals surface area contributed by atoms with E-state index in [9.17, 15) is 9.59 Å². The van der Waals surface area contributed by atoms with Crippen LogP contribution in [0.25, 0.3) is 0 Å². The van der Waals surface area contributed by atoms with Gasteiger partial charge in [-0.2, -0.15) is 5.10 Å². The van der Waals surface area contributed by atoms with E-state index in [2.05, 4.69) is 35.5 Å². The summed E-state index contributed by atoms with van der Waals surface area (Å²) in [6, 6.07) is 3.31. The molecule has 0 aliphatic carbocycles. The lowest BCUT2D eigenvalue weighted by Crippen LogP contribution is -2.41. The first-order valence-corrected chi connectivity index (χ1v) is 9.23. The minimum Gasteiger partial charge on any atom is -0.333 e. The molecule has 1 fully saturated rings. The van der Waals surface area contributed by atoms with Gasteiger partial charge in [-0.05, 0) is 37.4 Å². The Labute approximate surface area is 150 Å². The Kier molecular flexibility index (Phi) is 4.73. The lowest BCUT2D eigenvalue weighted by molar-refractivity contribution is 0.0724. The number of hydrogen-bond acceptors (Lipinski definition) is 6. The van der Waals surface area contributed by atoms with Gasteiger partial charge in [0.1, 0.15) is 4.88 Å². The zero-order chi connectivity index (χ0) is 18.2. The van der Waals surface area contributed by atoms with Gasteiger partial charge in [-0.1, -0.05) is 25.3 Å². The second-order valence-electron chi connectivity index (χ2n) is 7.47. The van der Waals surface area contributed by atoms with Gasteiger partial charge in [-0.15, -0.1) is 5.10 Å². The molecule has 0 N–H and O–H groups in total. The van der Waals surface area contributed by atoms with Crippen LogP contribution in [0.5, 0.6) is 0 Å². The van der Waals surface area contributed by atoms with E-state index in [1.54, 1.807) is 19.1 Å². The zero-order valence-corrected chi connectivity index (χ0v) is 15.8. The highest BCUT2D eigenvalue weighted by Crippen LogP contribution is 2.24. The molecule has 8 heteroatoms. The Morgan fingerprint density at radius 2 is 2.12 bits per heavy atom. The lowest BCUT2D eigenvalue weighted by atomic mass is 9.92. The number of likely N-dealkylation sites (tertiary alicyclic amines) is 1. The van der Waals surface area contributed by atoms with Crippen LogP contribution in [-0.4, -0.2) is 42.8 Å². The van der Waals surface area contributed by atoms with Crippen molar-refractivity contribution in [3.63, 3.8) is 0 Å². The summed E-state index contributed by atoms with van der Waals surface area (Å²) in [6.45, 7) is 9.09. The molecule has 3 rings (SSSR count). The molecule has 0 saturated carbocycles. The standard InChI is InChI=1S/C17H23N5O2S/c1-11-15(25-20-18-11)16(24)21-9-5-6-12(21)10-22-14(23)8-7-13(19-22)17(2,3)4/h7-8,12H,5-6,9-10H2,1-4H3. The number of nitrogens with zero attached hydrogens (tertiary/aromatic N) is 5. The third kappa shape index (κ3) is 3.63. The van der Waals surface area contributed by atoms with E-state index in [1.165, 1.54) is 4.68 Å². The number of carbonyl (C=O) groups is 1. The van der Waals surface area contributed by atoms with Crippen LogP contribution in [0.15, 0.2) is 16.9 Å². The number of carbonyl (C=O) groups excluding carboxylic acids is 1. The fourth-order valence-electron chi connectivity index (χ4n) is 3.03. The predicted octanol–water partition coefficient (Wildman–Crippen LogP) is 2.01. The summed E-state index contributed by atoms with van der Waals surface area (Å²) < 4.78 is 5.35. The highest BCUT2D eigenvalue weighted by atomic mass is 32.1. The maximum Gasteiger partial charge on any atom is 0.267 e. The van der Waals surface area contributed by atoms with Crippen LogP contribution in [0.4, 0.5) is 0 Å². The SMILES string of the molecule is Cc1nnsc1C(=O)N1CCCC1Cn1nc(C(C)(C)C)ccc1=O. The fraction of sp³-hybridized carbons (Fsp3) is 0.588. The van der Waals surface area contributed by atoms with Crippen molar-refractivity contribution in [2.45, 2.75) is 58.5 Å². The van der Waals surface area contributed by atoms with Gasteiger partial charge in [0.2, 0.25) is 0 Å². The van der Waals surface area contributed by atoms with Gasteiger partial charge in [0.15, 0.2) is 0 Å². The van der Waals surface area contributed by atoms with E-state index >= 15 is 0 Å². The van der Waals surface area contributed by atoms with Crippen molar-refractivity contribution in [1.82, 2.24) is 24.3 Å². The Morgan fingerprint density at radius 3 is 2.76 bits per heavy atom. The minimum atomic E-state index is -0.136. The molecule has 2 aromatic rings. The average molecular weight is 361 g/mol. The Hall–Kier alpha value is -2.09. The van der Waals surface area contributed by atoms with Crippen molar-refractivity contribution < 1.29 is 4.79 Å². The van der Waals surface area contributed by atoms with Crippen LogP contribution >= 0.6 is 11.5 Å². The van der Waals surface area contributed by atoms with Crippen molar-refractivity contribution in [3.8, 4) is 0 Å². The van der Waals surface area contributed by atoms with E-state index in [4.69, 9.17) is 0 Å². The molecule has 0 radical (unpaired) electrons. The highest BCUT2D eigenvalue weighted by molar-refractivity contribution is 7.07. The first kappa shape index (κ1) is 17.7. The van der Waals surface area contributed by atoms with E-state index < -0.39 is 0 Å². The molecule has 1 aliphatic heterocycles. The molecule has 0 aromatic carbocycles. The minimum absolute atomic E-state index is 0.0329. The number of aromatic nitrogens is 4. The van der Waals surface area contributed by atoms with Gasteiger partial charge in [0.25, 0.3) is 11.5 Å². The van der Waals surface area contributed by atoms with Gasteiger partial charge in [-0.25, -0.2) is 4.68 Å². The van der Waals surface area contributed by atoms with Crippen LogP contribution in [0.1, 0.15) is 54.7 Å². The van der Waals surface area contributed by atoms with Gasteiger partial charge in [0, 0.05) is 18.0 Å². The highest BCUT2D eigenvalue weighted by Gasteiger charge is 2.32. The third-order valence-corrected chi connectivity index (χ3v) is 5.32. The van der Waals surface area contributed by atoms with Crippen molar-refractivity contribution in [2.24, 2.45) is 0 Å². The van der Waals surface area contributed by atoms with Crippen molar-refractivity contribution in [1.29, 1.82) is 0 Å². The van der Waals surface area contributed by atoms with Crippen LogP contribution in [-0.2, 0) is 12.0 Å². The van der Waals surface area contributed by atoms with Crippen LogP contribution in [0.3, 0.4) is 0 Å². The molecule has 134 valence electrons. The lowest BCUT2D eigenvalue weighted by Gasteiger charge is -2.25. The topological polar surface area (TPSA) is 81.0 Å². The van der Waals surface area contributed by atoms with Crippen LogP contribution < -0.4 is 5.56 Å². The number of aryl methyl sites for hydroxylation is 1. The maximum atomic E-state index is 12.8. The zero-order valence-electron chi connectivity index (χ0n) is 15.0. The van der Waals surface area contributed by atoms with Gasteiger partial charge in [0.05, 0.1) is 24.0 Å². The van der Waals surface area contributed by atoms with Crippen molar-refractivity contribution in [2.75, 3.05) is 6.54 Å². The quantitative estimate of drug-likeness (QED) is 0.835. The summed E-state index contributed by atoms with van der Waals surface area (Å²) in [4.78, 5) is 27.4. The predicted molar refractivity (Wildman–Crippen MR) is 95.9 cm³/mol. The summed E-state index contributed by atoms with van der Waals surface area (Å²) in [5.74, 6) is -0.0463. The summed E-state index contributed by atoms with van der Waals surface area (Å²) in [5.41, 5.74) is 1.26. The normalized spacial score (nSPS) is 17.9. The number of rotatable bonds is 3. The summed E-state index contributed by atoms with van der Waals surface area (Å²) in [6.07, 6.45) is 1.79. The second-order valence-corrected chi connectivity index (χ2v) is 8.23. The largest absolute Gasteiger partial charge is 0.333 e. The summed E-state index contributed by atoms with van der Waals surface area (Å²) in [5, 5.41) is 8.45. The Balaban J connectivity index is 1.84. The van der Waals surface area contributed by atoms with Gasteiger partial charge >= 0.3 is 0 Å². The average Bonchev–Trinajstić information content (AvgIpc) is 3.16. The monoisotopic (exact) mass is 361 g/mol. The van der Waals surface area contributed by atoms with Crippen LogP contribution in [0.2, 0.25) is 0 Å². The summed E-state index contributed by atoms with van der Waals surface area (Å²) in [7, 11) is 0. The molecule has 1 saturated heterocycles. The van der Waals surface area contributed by atoms with E-state index in [0.29, 0.717) is 23.7 Å². The second kappa shape index (κ2) is 6.67. The molecular weight excluding hydrogens is 338 g/mol. The van der Waals surface area contributed by atoms with Crippen molar-refractivity contribution >= 4 is 17.4 Å². The van der Waals surface area contributed by atoms with E-state index in [1.807, 2.05) is 4.90 Å². The molecule has 3 heterocycles. The molecule has 1 atom stereocenters. The first-order chi connectivity index (χ1) is 11.8. The van der Waals surface area contributed by atoms with E-state index in [0.717, 1.165) is 30.1 Å². The van der Waals surface area contributed by atoms with Gasteiger partial charge in [-0.3, -0.25) is 9.59 Å². The molecule has 0 bridgehead atoms. The van der Waals surface area contributed by atoms with Crippen molar-refractivity contribution in [3.05, 3.63) is 38.8 Å². The maximum absolute atomic E-state index is 12.8. The molecule has 1 unspecified atom stereocenters. The van der Waals surface area contributed by atoms with Crippen LogP contribution in [0, 0.1) is 6.92 Å². The smallest absolute Gasteiger partial charge is 0.267 e. The molecule has 1 aliphatic rings. The van der Waals surface area contributed by atoms with E-state index in [-0.39, 0.29) is 22.9 Å². The molecule has 0 spiro atoms. The molecular formula is C17H23N5O2S. The molecule has 7 nitrogen and oxygen atoms in total. The first-order valence-electron chi connectivity index (χ1n) is 8.46. The summed E-state index contributed by atoms with van der Waals surface area (Å²) >= 11 is 1.13. The number of amides is 1. The third-order valence-electron chi connectivity index (χ3n) is 4.50. The molecule has 25 heavy (non-hydrogen) atoms. The molecule has 2 aromatic heterocycles. The number of hydrogen-bond donors (Lipinski definition) is 0.